The zero-order valence-electron chi connectivity index (χ0n) is 16.2. The van der Waals surface area contributed by atoms with Gasteiger partial charge in [-0.2, -0.15) is 13.2 Å². The second-order valence-electron chi connectivity index (χ2n) is 7.52. The summed E-state index contributed by atoms with van der Waals surface area (Å²) in [5.74, 6) is 0.119. The Morgan fingerprint density at radius 3 is 2.34 bits per heavy atom. The lowest BCUT2D eigenvalue weighted by Crippen LogP contribution is -2.52. The van der Waals surface area contributed by atoms with Crippen molar-refractivity contribution in [1.82, 2.24) is 20.5 Å². The van der Waals surface area contributed by atoms with E-state index in [9.17, 15) is 22.8 Å². The maximum atomic E-state index is 12.6. The van der Waals surface area contributed by atoms with Crippen LogP contribution in [-0.2, 0) is 11.0 Å². The van der Waals surface area contributed by atoms with Gasteiger partial charge in [-0.3, -0.25) is 15.0 Å². The lowest BCUT2D eigenvalue weighted by atomic mass is 9.96. The van der Waals surface area contributed by atoms with Gasteiger partial charge in [-0.05, 0) is 25.0 Å². The molecule has 10 heteroatoms. The van der Waals surface area contributed by atoms with Crippen molar-refractivity contribution in [2.45, 2.75) is 44.3 Å². The molecule has 0 spiro atoms. The van der Waals surface area contributed by atoms with Crippen molar-refractivity contribution in [2.75, 3.05) is 37.6 Å². The molecule has 1 aliphatic carbocycles. The van der Waals surface area contributed by atoms with Gasteiger partial charge in [0.15, 0.2) is 0 Å². The number of carbonyl (C=O) groups is 2. The summed E-state index contributed by atoms with van der Waals surface area (Å²) in [7, 11) is 0. The number of nitrogens with zero attached hydrogens (tertiary/aromatic N) is 3. The van der Waals surface area contributed by atoms with Gasteiger partial charge in [-0.25, -0.2) is 9.78 Å². The van der Waals surface area contributed by atoms with Crippen molar-refractivity contribution in [2.24, 2.45) is 0 Å². The second kappa shape index (κ2) is 9.43. The second-order valence-corrected chi connectivity index (χ2v) is 7.52. The van der Waals surface area contributed by atoms with E-state index in [1.807, 2.05) is 9.80 Å². The minimum absolute atomic E-state index is 0.104. The van der Waals surface area contributed by atoms with Crippen molar-refractivity contribution in [3.63, 3.8) is 0 Å². The molecule has 0 aromatic carbocycles. The van der Waals surface area contributed by atoms with Gasteiger partial charge in [-0.1, -0.05) is 19.3 Å². The van der Waals surface area contributed by atoms with Crippen LogP contribution in [-0.4, -0.2) is 60.6 Å². The van der Waals surface area contributed by atoms with Gasteiger partial charge >= 0.3 is 12.2 Å². The van der Waals surface area contributed by atoms with Crippen LogP contribution in [0.2, 0.25) is 0 Å². The molecule has 0 radical (unpaired) electrons. The SMILES string of the molecule is O=C(CN1CCN(c2ccc(C(F)(F)F)cn2)CC1)NC(=O)NC1CCCCC1. The molecule has 1 saturated heterocycles. The summed E-state index contributed by atoms with van der Waals surface area (Å²) in [5, 5.41) is 5.22. The summed E-state index contributed by atoms with van der Waals surface area (Å²) in [6.07, 6.45) is 1.70. The highest BCUT2D eigenvalue weighted by molar-refractivity contribution is 5.95. The van der Waals surface area contributed by atoms with Gasteiger partial charge in [0.05, 0.1) is 12.1 Å². The molecule has 1 aromatic heterocycles. The number of anilines is 1. The summed E-state index contributed by atoms with van der Waals surface area (Å²) < 4.78 is 37.9. The Bertz CT molecular complexity index is 697. The average molecular weight is 413 g/mol. The molecule has 29 heavy (non-hydrogen) atoms. The van der Waals surface area contributed by atoms with Crippen LogP contribution in [0.3, 0.4) is 0 Å². The van der Waals surface area contributed by atoms with Crippen LogP contribution in [0.1, 0.15) is 37.7 Å². The van der Waals surface area contributed by atoms with Crippen LogP contribution in [0.15, 0.2) is 18.3 Å². The highest BCUT2D eigenvalue weighted by Gasteiger charge is 2.31. The van der Waals surface area contributed by atoms with Crippen molar-refractivity contribution in [3.8, 4) is 0 Å². The topological polar surface area (TPSA) is 77.6 Å². The van der Waals surface area contributed by atoms with Crippen molar-refractivity contribution < 1.29 is 22.8 Å². The summed E-state index contributed by atoms with van der Waals surface area (Å²) in [5.41, 5.74) is -0.775. The van der Waals surface area contributed by atoms with Crippen molar-refractivity contribution in [1.29, 1.82) is 0 Å². The molecule has 2 N–H and O–H groups in total. The largest absolute Gasteiger partial charge is 0.417 e. The van der Waals surface area contributed by atoms with Gasteiger partial charge in [-0.15, -0.1) is 0 Å². The monoisotopic (exact) mass is 413 g/mol. The minimum Gasteiger partial charge on any atom is -0.354 e. The number of carbonyl (C=O) groups excluding carboxylic acids is 2. The van der Waals surface area contributed by atoms with Gasteiger partial charge in [0.2, 0.25) is 5.91 Å². The number of hydrogen-bond acceptors (Lipinski definition) is 5. The number of nitrogens with one attached hydrogen (secondary N) is 2. The summed E-state index contributed by atoms with van der Waals surface area (Å²) in [6, 6.07) is 2.07. The van der Waals surface area contributed by atoms with E-state index in [1.165, 1.54) is 12.5 Å². The van der Waals surface area contributed by atoms with E-state index in [-0.39, 0.29) is 18.5 Å². The number of rotatable bonds is 4. The fourth-order valence-electron chi connectivity index (χ4n) is 3.71. The number of piperazine rings is 1. The van der Waals surface area contributed by atoms with Crippen LogP contribution >= 0.6 is 0 Å². The lowest BCUT2D eigenvalue weighted by Gasteiger charge is -2.35. The quantitative estimate of drug-likeness (QED) is 0.793. The normalized spacial score (nSPS) is 19.1. The molecule has 3 rings (SSSR count). The molecular weight excluding hydrogens is 387 g/mol. The average Bonchev–Trinajstić information content (AvgIpc) is 2.68. The molecule has 1 saturated carbocycles. The Kier molecular flexibility index (Phi) is 6.94. The first-order valence-electron chi connectivity index (χ1n) is 9.92. The maximum Gasteiger partial charge on any atom is 0.417 e. The number of urea groups is 1. The molecule has 0 atom stereocenters. The smallest absolute Gasteiger partial charge is 0.354 e. The Morgan fingerprint density at radius 1 is 1.07 bits per heavy atom. The summed E-state index contributed by atoms with van der Waals surface area (Å²) in [6.45, 7) is 2.30. The number of hydrogen-bond donors (Lipinski definition) is 2. The van der Waals surface area contributed by atoms with E-state index >= 15 is 0 Å². The van der Waals surface area contributed by atoms with Crippen LogP contribution in [0.4, 0.5) is 23.8 Å². The number of amides is 3. The lowest BCUT2D eigenvalue weighted by molar-refractivity contribution is -0.137. The number of pyridine rings is 1. The standard InChI is InChI=1S/C19H26F3N5O2/c20-19(21,22)14-6-7-16(23-12-14)27-10-8-26(9-11-27)13-17(28)25-18(29)24-15-4-2-1-3-5-15/h6-7,12,15H,1-5,8-11,13H2,(H2,24,25,28,29). The molecule has 2 heterocycles. The van der Waals surface area contributed by atoms with E-state index in [0.717, 1.165) is 37.9 Å². The molecular formula is C19H26F3N5O2. The molecule has 2 fully saturated rings. The Labute approximate surface area is 167 Å². The van der Waals surface area contributed by atoms with Crippen LogP contribution < -0.4 is 15.5 Å². The highest BCUT2D eigenvalue weighted by atomic mass is 19.4. The number of alkyl halides is 3. The van der Waals surface area contributed by atoms with E-state index in [0.29, 0.717) is 32.0 Å². The third-order valence-electron chi connectivity index (χ3n) is 5.33. The molecule has 1 aromatic rings. The third kappa shape index (κ3) is 6.31. The first-order chi connectivity index (χ1) is 13.8. The molecule has 7 nitrogen and oxygen atoms in total. The predicted molar refractivity (Wildman–Crippen MR) is 101 cm³/mol. The van der Waals surface area contributed by atoms with Gasteiger partial charge in [0.25, 0.3) is 0 Å². The van der Waals surface area contributed by atoms with E-state index in [4.69, 9.17) is 0 Å². The van der Waals surface area contributed by atoms with Crippen LogP contribution in [0, 0.1) is 0 Å². The third-order valence-corrected chi connectivity index (χ3v) is 5.33. The van der Waals surface area contributed by atoms with Crippen molar-refractivity contribution >= 4 is 17.8 Å². The number of halogens is 3. The van der Waals surface area contributed by atoms with E-state index in [2.05, 4.69) is 15.6 Å². The van der Waals surface area contributed by atoms with Crippen molar-refractivity contribution in [3.05, 3.63) is 23.9 Å². The summed E-state index contributed by atoms with van der Waals surface area (Å²) >= 11 is 0. The molecule has 0 bridgehead atoms. The zero-order valence-corrected chi connectivity index (χ0v) is 16.2. The fourth-order valence-corrected chi connectivity index (χ4v) is 3.71. The van der Waals surface area contributed by atoms with Gasteiger partial charge in [0.1, 0.15) is 5.82 Å². The first-order valence-corrected chi connectivity index (χ1v) is 9.92. The molecule has 3 amide bonds. The molecule has 0 unspecified atom stereocenters. The Balaban J connectivity index is 1.40. The molecule has 160 valence electrons. The van der Waals surface area contributed by atoms with Gasteiger partial charge in [0, 0.05) is 38.4 Å². The highest BCUT2D eigenvalue weighted by Crippen LogP contribution is 2.29. The van der Waals surface area contributed by atoms with E-state index < -0.39 is 17.8 Å². The Hall–Kier alpha value is -2.36. The number of imide groups is 1. The number of aromatic nitrogens is 1. The molecule has 1 aliphatic heterocycles. The summed E-state index contributed by atoms with van der Waals surface area (Å²) in [4.78, 5) is 31.7. The van der Waals surface area contributed by atoms with E-state index in [1.54, 1.807) is 0 Å². The first kappa shape index (κ1) is 21.4. The zero-order chi connectivity index (χ0) is 20.9. The van der Waals surface area contributed by atoms with Gasteiger partial charge < -0.3 is 10.2 Å². The maximum absolute atomic E-state index is 12.6. The minimum atomic E-state index is -4.40. The molecule has 2 aliphatic rings. The predicted octanol–water partition coefficient (Wildman–Crippen LogP) is 2.38. The fraction of sp³-hybridized carbons (Fsp3) is 0.632. The van der Waals surface area contributed by atoms with Crippen LogP contribution in [0.5, 0.6) is 0 Å². The van der Waals surface area contributed by atoms with Crippen LogP contribution in [0.25, 0.3) is 0 Å². The Morgan fingerprint density at radius 2 is 1.76 bits per heavy atom.